The number of nitrogens with one attached hydrogen (secondary N) is 2. The van der Waals surface area contributed by atoms with Crippen LogP contribution in [-0.4, -0.2) is 120 Å². The maximum absolute atomic E-state index is 13.5. The minimum absolute atomic E-state index is 0.0961. The number of amides is 1. The molecule has 0 unspecified atom stereocenters. The maximum atomic E-state index is 13.5. The van der Waals surface area contributed by atoms with E-state index in [0.29, 0.717) is 66.4 Å². The molecular formula is C54H69N9O9. The zero-order chi connectivity index (χ0) is 52.7. The zero-order valence-corrected chi connectivity index (χ0v) is 42.9. The van der Waals surface area contributed by atoms with E-state index in [2.05, 4.69) is 44.4 Å². The van der Waals surface area contributed by atoms with E-state index in [4.69, 9.17) is 14.5 Å². The normalized spacial score (nSPS) is 12.3. The standard InChI is InChI=1S/C54H69N9O9/c1-51(2,33-71-36-54(7,8)61-50(70)52(3,4)34-72-35-53(5,6)55-9)24-37-22-44(29-62(25-38-14-10-18-42(31-64)56-38)27-40-16-12-20-46(59-40)48(66)67)58-45(23-37)30-63(26-39-15-11-19-43(32-65)57-39)28-41-17-13-21-47(60-41)49(68)69/h10-23,31-32,55H,24-30,33-36H2,1-9H3,(H,61,70)(H,66,67)(H,68,69). The molecule has 18 nitrogen and oxygen atoms in total. The van der Waals surface area contributed by atoms with E-state index in [0.717, 1.165) is 5.56 Å². The Hall–Kier alpha value is -6.70. The fourth-order valence-electron chi connectivity index (χ4n) is 7.77. The Bertz CT molecular complexity index is 2540. The lowest BCUT2D eigenvalue weighted by Crippen LogP contribution is -2.53. The van der Waals surface area contributed by atoms with Gasteiger partial charge in [0.1, 0.15) is 22.8 Å². The Morgan fingerprint density at radius 3 is 1.38 bits per heavy atom. The van der Waals surface area contributed by atoms with Crippen LogP contribution >= 0.6 is 0 Å². The van der Waals surface area contributed by atoms with Gasteiger partial charge in [-0.3, -0.25) is 29.2 Å². The number of rotatable bonds is 29. The largest absolute Gasteiger partial charge is 0.477 e. The van der Waals surface area contributed by atoms with Crippen molar-refractivity contribution in [3.05, 3.63) is 147 Å². The molecule has 5 aromatic heterocycles. The second kappa shape index (κ2) is 25.1. The Kier molecular flexibility index (Phi) is 19.6. The van der Waals surface area contributed by atoms with Gasteiger partial charge in [-0.2, -0.15) is 0 Å². The Morgan fingerprint density at radius 2 is 0.944 bits per heavy atom. The van der Waals surface area contributed by atoms with Crippen molar-refractivity contribution in [3.63, 3.8) is 0 Å². The molecule has 0 radical (unpaired) electrons. The monoisotopic (exact) mass is 988 g/mol. The number of carbonyl (C=O) groups excluding carboxylic acids is 3. The summed E-state index contributed by atoms with van der Waals surface area (Å²) in [4.78, 5) is 87.9. The van der Waals surface area contributed by atoms with E-state index in [9.17, 15) is 34.2 Å². The van der Waals surface area contributed by atoms with E-state index >= 15 is 0 Å². The van der Waals surface area contributed by atoms with Crippen molar-refractivity contribution in [2.45, 2.75) is 112 Å². The summed E-state index contributed by atoms with van der Waals surface area (Å²) < 4.78 is 12.3. The minimum Gasteiger partial charge on any atom is -0.477 e. The van der Waals surface area contributed by atoms with Crippen LogP contribution in [0, 0.1) is 10.8 Å². The third-order valence-electron chi connectivity index (χ3n) is 11.6. The predicted octanol–water partition coefficient (Wildman–Crippen LogP) is 6.61. The summed E-state index contributed by atoms with van der Waals surface area (Å²) in [5.41, 5.74) is 2.74. The van der Waals surface area contributed by atoms with Crippen molar-refractivity contribution < 1.29 is 43.7 Å². The summed E-state index contributed by atoms with van der Waals surface area (Å²) in [5, 5.41) is 25.9. The number of hydrogen-bond donors (Lipinski definition) is 4. The molecular weight excluding hydrogens is 919 g/mol. The van der Waals surface area contributed by atoms with Crippen LogP contribution in [0.5, 0.6) is 0 Å². The van der Waals surface area contributed by atoms with Crippen LogP contribution in [0.3, 0.4) is 0 Å². The van der Waals surface area contributed by atoms with Crippen molar-refractivity contribution in [2.75, 3.05) is 33.5 Å². The smallest absolute Gasteiger partial charge is 0.354 e. The molecule has 5 heterocycles. The Morgan fingerprint density at radius 1 is 0.542 bits per heavy atom. The van der Waals surface area contributed by atoms with Crippen LogP contribution in [0.15, 0.2) is 84.9 Å². The molecule has 5 aromatic rings. The number of carboxylic acids is 2. The number of nitrogens with zero attached hydrogens (tertiary/aromatic N) is 7. The van der Waals surface area contributed by atoms with Gasteiger partial charge in [0.2, 0.25) is 5.91 Å². The molecule has 0 aliphatic heterocycles. The molecule has 0 spiro atoms. The SMILES string of the molecule is CNC(C)(C)COCC(C)(C)C(=O)NC(C)(C)COCC(C)(C)Cc1cc(CN(Cc2cccc(C=O)n2)Cc2cccc(C(=O)O)n2)nc(CN(Cc2cccc(C=O)n2)Cc2cccc(C(=O)O)n2)c1. The highest BCUT2D eigenvalue weighted by Gasteiger charge is 2.34. The van der Waals surface area contributed by atoms with Crippen LogP contribution in [0.1, 0.15) is 137 Å². The lowest BCUT2D eigenvalue weighted by Gasteiger charge is -2.34. The number of likely N-dealkylation sites (N-methyl/N-ethyl adjacent to an activating group) is 1. The van der Waals surface area contributed by atoms with E-state index in [1.807, 2.05) is 82.7 Å². The predicted molar refractivity (Wildman–Crippen MR) is 270 cm³/mol. The van der Waals surface area contributed by atoms with Gasteiger partial charge in [0, 0.05) is 44.8 Å². The van der Waals surface area contributed by atoms with Crippen molar-refractivity contribution in [2.24, 2.45) is 10.8 Å². The van der Waals surface area contributed by atoms with Gasteiger partial charge in [0.15, 0.2) is 12.6 Å². The molecule has 0 aliphatic carbocycles. The third-order valence-corrected chi connectivity index (χ3v) is 11.6. The quantitative estimate of drug-likeness (QED) is 0.0369. The highest BCUT2D eigenvalue weighted by molar-refractivity contribution is 5.85. The zero-order valence-electron chi connectivity index (χ0n) is 42.9. The summed E-state index contributed by atoms with van der Waals surface area (Å²) in [5.74, 6) is -2.45. The Balaban J connectivity index is 1.46. The fourth-order valence-corrected chi connectivity index (χ4v) is 7.77. The topological polar surface area (TPSA) is 239 Å². The van der Waals surface area contributed by atoms with Crippen LogP contribution in [0.4, 0.5) is 0 Å². The van der Waals surface area contributed by atoms with Crippen molar-refractivity contribution in [1.82, 2.24) is 45.4 Å². The molecule has 0 aliphatic rings. The molecule has 0 aromatic carbocycles. The second-order valence-electron chi connectivity index (χ2n) is 20.9. The summed E-state index contributed by atoms with van der Waals surface area (Å²) in [6, 6.07) is 24.1. The first-order valence-corrected chi connectivity index (χ1v) is 23.8. The van der Waals surface area contributed by atoms with E-state index in [1.54, 1.807) is 48.5 Å². The number of aldehydes is 2. The third kappa shape index (κ3) is 18.2. The molecule has 18 heteroatoms. The maximum Gasteiger partial charge on any atom is 0.354 e. The van der Waals surface area contributed by atoms with Gasteiger partial charge in [-0.05, 0) is 127 Å². The second-order valence-corrected chi connectivity index (χ2v) is 20.9. The van der Waals surface area contributed by atoms with Crippen LogP contribution < -0.4 is 10.6 Å². The van der Waals surface area contributed by atoms with Crippen molar-refractivity contribution >= 4 is 30.4 Å². The molecule has 5 rings (SSSR count). The average molecular weight is 988 g/mol. The summed E-state index contributed by atoms with van der Waals surface area (Å²) in [6.07, 6.45) is 1.91. The first-order chi connectivity index (χ1) is 34.0. The highest BCUT2D eigenvalue weighted by atomic mass is 16.5. The highest BCUT2D eigenvalue weighted by Crippen LogP contribution is 2.26. The number of carboxylic acid groups (broad SMARTS) is 2. The average Bonchev–Trinajstić information content (AvgIpc) is 3.31. The lowest BCUT2D eigenvalue weighted by atomic mass is 9.86. The van der Waals surface area contributed by atoms with Gasteiger partial charge in [-0.15, -0.1) is 0 Å². The minimum atomic E-state index is -1.15. The molecule has 0 saturated heterocycles. The molecule has 384 valence electrons. The van der Waals surface area contributed by atoms with Gasteiger partial charge in [0.05, 0.1) is 71.5 Å². The Labute approximate surface area is 422 Å². The lowest BCUT2D eigenvalue weighted by molar-refractivity contribution is -0.135. The number of hydrogen-bond acceptors (Lipinski definition) is 15. The van der Waals surface area contributed by atoms with Crippen LogP contribution in [-0.2, 0) is 60.0 Å². The number of pyridine rings is 5. The molecule has 0 fully saturated rings. The first kappa shape index (κ1) is 56.2. The molecule has 0 atom stereocenters. The molecule has 1 amide bonds. The van der Waals surface area contributed by atoms with E-state index in [-0.39, 0.29) is 86.7 Å². The van der Waals surface area contributed by atoms with Gasteiger partial charge in [-0.1, -0.05) is 38.1 Å². The van der Waals surface area contributed by atoms with Crippen molar-refractivity contribution in [1.29, 1.82) is 0 Å². The fraction of sp³-hybridized carbons (Fsp3) is 0.444. The summed E-state index contributed by atoms with van der Waals surface area (Å²) in [6.45, 7) is 18.6. The van der Waals surface area contributed by atoms with Gasteiger partial charge >= 0.3 is 11.9 Å². The molecule has 72 heavy (non-hydrogen) atoms. The van der Waals surface area contributed by atoms with Gasteiger partial charge in [0.25, 0.3) is 0 Å². The van der Waals surface area contributed by atoms with E-state index in [1.165, 1.54) is 12.1 Å². The van der Waals surface area contributed by atoms with Crippen LogP contribution in [0.25, 0.3) is 0 Å². The van der Waals surface area contributed by atoms with Gasteiger partial charge < -0.3 is 30.3 Å². The first-order valence-electron chi connectivity index (χ1n) is 23.8. The van der Waals surface area contributed by atoms with Crippen LogP contribution in [0.2, 0.25) is 0 Å². The molecule has 0 bridgehead atoms. The number of aromatic carboxylic acids is 2. The number of ether oxygens (including phenoxy) is 2. The molecule has 0 saturated carbocycles. The number of aromatic nitrogens is 5. The summed E-state index contributed by atoms with van der Waals surface area (Å²) >= 11 is 0. The van der Waals surface area contributed by atoms with E-state index < -0.39 is 28.3 Å². The summed E-state index contributed by atoms with van der Waals surface area (Å²) in [7, 11) is 1.87. The molecule has 4 N–H and O–H groups in total. The van der Waals surface area contributed by atoms with Gasteiger partial charge in [-0.25, -0.2) is 29.5 Å². The van der Waals surface area contributed by atoms with Crippen molar-refractivity contribution in [3.8, 4) is 0 Å². The number of carbonyl (C=O) groups is 5.